The Hall–Kier alpha value is -3.48. The van der Waals surface area contributed by atoms with E-state index in [-0.39, 0.29) is 24.4 Å². The Morgan fingerprint density at radius 3 is 2.20 bits per heavy atom. The number of aryl methyl sites for hydroxylation is 1. The maximum atomic E-state index is 12.7. The van der Waals surface area contributed by atoms with Gasteiger partial charge in [-0.3, -0.25) is 24.1 Å². The van der Waals surface area contributed by atoms with Gasteiger partial charge in [0.2, 0.25) is 5.91 Å². The third-order valence-corrected chi connectivity index (χ3v) is 5.63. The number of hydrogen-bond donors (Lipinski definition) is 1. The Labute approximate surface area is 174 Å². The van der Waals surface area contributed by atoms with E-state index in [1.165, 1.54) is 0 Å². The van der Waals surface area contributed by atoms with Crippen LogP contribution in [-0.4, -0.2) is 59.1 Å². The second-order valence-corrected chi connectivity index (χ2v) is 7.74. The average Bonchev–Trinajstić information content (AvgIpc) is 2.99. The van der Waals surface area contributed by atoms with Crippen LogP contribution in [0.25, 0.3) is 0 Å². The number of imide groups is 1. The molecule has 2 aliphatic heterocycles. The minimum absolute atomic E-state index is 0.0126. The van der Waals surface area contributed by atoms with Crippen LogP contribution < -0.4 is 5.32 Å². The van der Waals surface area contributed by atoms with Crippen molar-refractivity contribution in [2.45, 2.75) is 25.8 Å². The molecule has 0 aromatic heterocycles. The Morgan fingerprint density at radius 1 is 0.967 bits per heavy atom. The van der Waals surface area contributed by atoms with E-state index in [0.29, 0.717) is 42.6 Å². The Balaban J connectivity index is 1.30. The monoisotopic (exact) mass is 405 g/mol. The normalized spacial score (nSPS) is 16.6. The van der Waals surface area contributed by atoms with Crippen LogP contribution in [0.5, 0.6) is 0 Å². The lowest BCUT2D eigenvalue weighted by atomic mass is 10.0. The molecule has 7 heteroatoms. The second-order valence-electron chi connectivity index (χ2n) is 7.74. The van der Waals surface area contributed by atoms with Gasteiger partial charge >= 0.3 is 0 Å². The third kappa shape index (κ3) is 3.83. The van der Waals surface area contributed by atoms with Crippen molar-refractivity contribution < 1.29 is 19.2 Å². The van der Waals surface area contributed by atoms with Gasteiger partial charge in [0.05, 0.1) is 11.1 Å². The van der Waals surface area contributed by atoms with Crippen molar-refractivity contribution in [3.63, 3.8) is 0 Å². The highest BCUT2D eigenvalue weighted by Crippen LogP contribution is 2.22. The summed E-state index contributed by atoms with van der Waals surface area (Å²) in [5.74, 6) is -1.23. The molecule has 154 valence electrons. The van der Waals surface area contributed by atoms with Gasteiger partial charge in [0.15, 0.2) is 0 Å². The molecule has 4 amide bonds. The highest BCUT2D eigenvalue weighted by molar-refractivity contribution is 6.22. The first-order chi connectivity index (χ1) is 14.4. The summed E-state index contributed by atoms with van der Waals surface area (Å²) >= 11 is 0. The summed E-state index contributed by atoms with van der Waals surface area (Å²) in [4.78, 5) is 52.6. The van der Waals surface area contributed by atoms with Crippen LogP contribution in [0.3, 0.4) is 0 Å². The van der Waals surface area contributed by atoms with Gasteiger partial charge in [0.25, 0.3) is 17.7 Å². The number of nitrogens with one attached hydrogen (secondary N) is 1. The van der Waals surface area contributed by atoms with E-state index in [1.807, 2.05) is 25.1 Å². The Kier molecular flexibility index (Phi) is 5.35. The summed E-state index contributed by atoms with van der Waals surface area (Å²) in [6, 6.07) is 14.0. The topological polar surface area (TPSA) is 86.8 Å². The number of fused-ring (bicyclic) bond motifs is 1. The minimum atomic E-state index is -0.427. The summed E-state index contributed by atoms with van der Waals surface area (Å²) in [6.45, 7) is 2.63. The molecule has 4 rings (SSSR count). The van der Waals surface area contributed by atoms with Crippen molar-refractivity contribution in [1.82, 2.24) is 15.1 Å². The molecule has 30 heavy (non-hydrogen) atoms. The van der Waals surface area contributed by atoms with Crippen LogP contribution in [0.4, 0.5) is 0 Å². The molecule has 1 fully saturated rings. The molecule has 0 aliphatic carbocycles. The maximum Gasteiger partial charge on any atom is 0.262 e. The zero-order valence-corrected chi connectivity index (χ0v) is 16.8. The van der Waals surface area contributed by atoms with Crippen molar-refractivity contribution in [1.29, 1.82) is 0 Å². The predicted molar refractivity (Wildman–Crippen MR) is 110 cm³/mol. The molecule has 1 N–H and O–H groups in total. The van der Waals surface area contributed by atoms with Crippen LogP contribution in [-0.2, 0) is 4.79 Å². The van der Waals surface area contributed by atoms with Crippen molar-refractivity contribution in [2.24, 2.45) is 0 Å². The van der Waals surface area contributed by atoms with E-state index in [1.54, 1.807) is 35.2 Å². The standard InChI is InChI=1S/C23H23N3O4/c1-15-5-4-6-16(13-15)21(28)24-17-9-11-25(12-10-17)20(27)14-26-22(29)18-7-2-3-8-19(18)23(26)30/h2-8,13,17H,9-12,14H2,1H3,(H,24,28). The highest BCUT2D eigenvalue weighted by atomic mass is 16.2. The van der Waals surface area contributed by atoms with E-state index in [9.17, 15) is 19.2 Å². The number of nitrogens with zero attached hydrogens (tertiary/aromatic N) is 2. The number of likely N-dealkylation sites (tertiary alicyclic amines) is 1. The average molecular weight is 405 g/mol. The molecule has 0 saturated carbocycles. The summed E-state index contributed by atoms with van der Waals surface area (Å²) in [6.07, 6.45) is 1.26. The first kappa shape index (κ1) is 19.8. The highest BCUT2D eigenvalue weighted by Gasteiger charge is 2.37. The zero-order valence-electron chi connectivity index (χ0n) is 16.8. The molecule has 0 radical (unpaired) electrons. The van der Waals surface area contributed by atoms with Crippen LogP contribution in [0.15, 0.2) is 48.5 Å². The van der Waals surface area contributed by atoms with Gasteiger partial charge in [0.1, 0.15) is 6.54 Å². The summed E-state index contributed by atoms with van der Waals surface area (Å²) in [5.41, 5.74) is 2.33. The molecule has 1 saturated heterocycles. The van der Waals surface area contributed by atoms with E-state index < -0.39 is 11.8 Å². The van der Waals surface area contributed by atoms with Gasteiger partial charge in [-0.05, 0) is 44.0 Å². The van der Waals surface area contributed by atoms with Gasteiger partial charge in [-0.2, -0.15) is 0 Å². The van der Waals surface area contributed by atoms with Gasteiger partial charge in [-0.1, -0.05) is 29.8 Å². The van der Waals surface area contributed by atoms with E-state index in [2.05, 4.69) is 5.32 Å². The van der Waals surface area contributed by atoms with Crippen LogP contribution in [0.1, 0.15) is 49.5 Å². The van der Waals surface area contributed by atoms with Crippen molar-refractivity contribution in [3.05, 3.63) is 70.8 Å². The number of carbonyl (C=O) groups is 4. The molecule has 7 nitrogen and oxygen atoms in total. The summed E-state index contributed by atoms with van der Waals surface area (Å²) in [5, 5.41) is 3.03. The Morgan fingerprint density at radius 2 is 1.60 bits per heavy atom. The molecule has 0 atom stereocenters. The van der Waals surface area contributed by atoms with Crippen LogP contribution >= 0.6 is 0 Å². The summed E-state index contributed by atoms with van der Waals surface area (Å²) < 4.78 is 0. The molecule has 0 spiro atoms. The fourth-order valence-corrected chi connectivity index (χ4v) is 3.95. The Bertz CT molecular complexity index is 990. The predicted octanol–water partition coefficient (Wildman–Crippen LogP) is 2.01. The zero-order chi connectivity index (χ0) is 21.3. The fraction of sp³-hybridized carbons (Fsp3) is 0.304. The van der Waals surface area contributed by atoms with Crippen molar-refractivity contribution in [3.8, 4) is 0 Å². The molecule has 2 aromatic rings. The molecule has 2 heterocycles. The van der Waals surface area contributed by atoms with Gasteiger partial charge in [-0.15, -0.1) is 0 Å². The lowest BCUT2D eigenvalue weighted by Gasteiger charge is -2.33. The number of carbonyl (C=O) groups excluding carboxylic acids is 4. The van der Waals surface area contributed by atoms with Crippen molar-refractivity contribution in [2.75, 3.05) is 19.6 Å². The van der Waals surface area contributed by atoms with E-state index >= 15 is 0 Å². The van der Waals surface area contributed by atoms with E-state index in [0.717, 1.165) is 10.5 Å². The minimum Gasteiger partial charge on any atom is -0.349 e. The smallest absolute Gasteiger partial charge is 0.262 e. The second kappa shape index (κ2) is 8.10. The van der Waals surface area contributed by atoms with Gasteiger partial charge in [-0.25, -0.2) is 0 Å². The quantitative estimate of drug-likeness (QED) is 0.789. The third-order valence-electron chi connectivity index (χ3n) is 5.63. The molecule has 2 aromatic carbocycles. The molecular formula is C23H23N3O4. The number of hydrogen-bond acceptors (Lipinski definition) is 4. The molecule has 0 unspecified atom stereocenters. The molecular weight excluding hydrogens is 382 g/mol. The lowest BCUT2D eigenvalue weighted by Crippen LogP contribution is -2.49. The number of amides is 4. The van der Waals surface area contributed by atoms with Gasteiger partial charge in [0, 0.05) is 24.7 Å². The molecule has 0 bridgehead atoms. The van der Waals surface area contributed by atoms with Gasteiger partial charge < -0.3 is 10.2 Å². The van der Waals surface area contributed by atoms with Crippen LogP contribution in [0.2, 0.25) is 0 Å². The number of rotatable bonds is 4. The first-order valence-corrected chi connectivity index (χ1v) is 10.0. The maximum absolute atomic E-state index is 12.7. The molecule has 2 aliphatic rings. The first-order valence-electron chi connectivity index (χ1n) is 10.0. The number of benzene rings is 2. The largest absolute Gasteiger partial charge is 0.349 e. The summed E-state index contributed by atoms with van der Waals surface area (Å²) in [7, 11) is 0. The SMILES string of the molecule is Cc1cccc(C(=O)NC2CCN(C(=O)CN3C(=O)c4ccccc4C3=O)CC2)c1. The van der Waals surface area contributed by atoms with E-state index in [4.69, 9.17) is 0 Å². The lowest BCUT2D eigenvalue weighted by molar-refractivity contribution is -0.132. The number of piperidine rings is 1. The fourth-order valence-electron chi connectivity index (χ4n) is 3.95. The van der Waals surface area contributed by atoms with Crippen LogP contribution in [0, 0.1) is 6.92 Å². The van der Waals surface area contributed by atoms with Crippen molar-refractivity contribution >= 4 is 23.6 Å².